The molecule has 6 nitrogen and oxygen atoms in total. The van der Waals surface area contributed by atoms with E-state index >= 15 is 0 Å². The molecule has 0 spiro atoms. The van der Waals surface area contributed by atoms with E-state index in [1.807, 2.05) is 20.8 Å². The SMILES string of the molecule is CCC(C)NC(=O)c1ccc(NC(=O)C(=O)N2CCCSCC2)c(C)c1. The third kappa shape index (κ3) is 5.49. The summed E-state index contributed by atoms with van der Waals surface area (Å²) in [6, 6.07) is 5.16. The molecule has 1 aromatic rings. The van der Waals surface area contributed by atoms with E-state index in [2.05, 4.69) is 10.6 Å². The number of hydrogen-bond donors (Lipinski definition) is 2. The molecule has 0 radical (unpaired) electrons. The highest BCUT2D eigenvalue weighted by molar-refractivity contribution is 7.99. The molecule has 2 rings (SSSR count). The van der Waals surface area contributed by atoms with Gasteiger partial charge in [0.1, 0.15) is 0 Å². The Morgan fingerprint density at radius 2 is 2.00 bits per heavy atom. The molecule has 1 heterocycles. The van der Waals surface area contributed by atoms with Crippen molar-refractivity contribution < 1.29 is 14.4 Å². The highest BCUT2D eigenvalue weighted by atomic mass is 32.2. The molecule has 0 aromatic heterocycles. The van der Waals surface area contributed by atoms with E-state index in [0.29, 0.717) is 24.3 Å². The topological polar surface area (TPSA) is 78.5 Å². The van der Waals surface area contributed by atoms with E-state index in [0.717, 1.165) is 29.9 Å². The van der Waals surface area contributed by atoms with Crippen LogP contribution in [-0.2, 0) is 9.59 Å². The molecule has 0 aliphatic carbocycles. The number of thioether (sulfide) groups is 1. The predicted octanol–water partition coefficient (Wildman–Crippen LogP) is 2.43. The van der Waals surface area contributed by atoms with E-state index in [9.17, 15) is 14.4 Å². The van der Waals surface area contributed by atoms with Gasteiger partial charge in [0.2, 0.25) is 0 Å². The Hall–Kier alpha value is -2.02. The van der Waals surface area contributed by atoms with Gasteiger partial charge in [-0.15, -0.1) is 0 Å². The number of aryl methyl sites for hydroxylation is 1. The van der Waals surface area contributed by atoms with Gasteiger partial charge < -0.3 is 15.5 Å². The maximum absolute atomic E-state index is 12.3. The summed E-state index contributed by atoms with van der Waals surface area (Å²) in [6.45, 7) is 6.99. The van der Waals surface area contributed by atoms with E-state index < -0.39 is 11.8 Å². The molecular formula is C19H27N3O3S. The highest BCUT2D eigenvalue weighted by Crippen LogP contribution is 2.17. The molecule has 26 heavy (non-hydrogen) atoms. The third-order valence-electron chi connectivity index (χ3n) is 4.43. The van der Waals surface area contributed by atoms with Crippen molar-refractivity contribution in [3.05, 3.63) is 29.3 Å². The minimum Gasteiger partial charge on any atom is -0.350 e. The van der Waals surface area contributed by atoms with Crippen LogP contribution in [0, 0.1) is 6.92 Å². The quantitative estimate of drug-likeness (QED) is 0.790. The van der Waals surface area contributed by atoms with Crippen LogP contribution in [0.4, 0.5) is 5.69 Å². The fourth-order valence-electron chi connectivity index (χ4n) is 2.62. The lowest BCUT2D eigenvalue weighted by Gasteiger charge is -2.19. The first kappa shape index (κ1) is 20.3. The smallest absolute Gasteiger partial charge is 0.313 e. The van der Waals surface area contributed by atoms with Crippen LogP contribution in [0.25, 0.3) is 0 Å². The first-order chi connectivity index (χ1) is 12.4. The van der Waals surface area contributed by atoms with Gasteiger partial charge in [0.15, 0.2) is 0 Å². The van der Waals surface area contributed by atoms with Crippen LogP contribution in [0.1, 0.15) is 42.6 Å². The minimum atomic E-state index is -0.628. The van der Waals surface area contributed by atoms with Crippen LogP contribution in [0.5, 0.6) is 0 Å². The molecule has 0 bridgehead atoms. The van der Waals surface area contributed by atoms with Crippen LogP contribution < -0.4 is 10.6 Å². The van der Waals surface area contributed by atoms with Gasteiger partial charge >= 0.3 is 11.8 Å². The molecule has 1 fully saturated rings. The monoisotopic (exact) mass is 377 g/mol. The van der Waals surface area contributed by atoms with E-state index in [-0.39, 0.29) is 11.9 Å². The molecule has 1 aliphatic heterocycles. The summed E-state index contributed by atoms with van der Waals surface area (Å²) in [5, 5.41) is 5.59. The van der Waals surface area contributed by atoms with Crippen LogP contribution in [0.15, 0.2) is 18.2 Å². The number of carbonyl (C=O) groups excluding carboxylic acids is 3. The van der Waals surface area contributed by atoms with Crippen molar-refractivity contribution in [2.75, 3.05) is 29.9 Å². The van der Waals surface area contributed by atoms with Gasteiger partial charge in [-0.1, -0.05) is 6.92 Å². The Bertz CT molecular complexity index is 670. The molecular weight excluding hydrogens is 350 g/mol. The third-order valence-corrected chi connectivity index (χ3v) is 5.48. The Kier molecular flexibility index (Phi) is 7.50. The van der Waals surface area contributed by atoms with Gasteiger partial charge in [-0.25, -0.2) is 0 Å². The number of rotatable bonds is 4. The van der Waals surface area contributed by atoms with E-state index in [1.165, 1.54) is 0 Å². The second-order valence-electron chi connectivity index (χ2n) is 6.52. The zero-order valence-electron chi connectivity index (χ0n) is 15.6. The van der Waals surface area contributed by atoms with Crippen LogP contribution >= 0.6 is 11.8 Å². The van der Waals surface area contributed by atoms with Gasteiger partial charge in [0.25, 0.3) is 5.91 Å². The first-order valence-electron chi connectivity index (χ1n) is 9.02. The number of hydrogen-bond acceptors (Lipinski definition) is 4. The molecule has 142 valence electrons. The van der Waals surface area contributed by atoms with Gasteiger partial charge in [0.05, 0.1) is 0 Å². The predicted molar refractivity (Wildman–Crippen MR) is 106 cm³/mol. The fourth-order valence-corrected chi connectivity index (χ4v) is 3.51. The van der Waals surface area contributed by atoms with E-state index in [1.54, 1.807) is 34.9 Å². The summed E-state index contributed by atoms with van der Waals surface area (Å²) in [6.07, 6.45) is 1.76. The Morgan fingerprint density at radius 1 is 1.23 bits per heavy atom. The molecule has 7 heteroatoms. The largest absolute Gasteiger partial charge is 0.350 e. The molecule has 1 aromatic carbocycles. The first-order valence-corrected chi connectivity index (χ1v) is 10.2. The summed E-state index contributed by atoms with van der Waals surface area (Å²) < 4.78 is 0. The lowest BCUT2D eigenvalue weighted by molar-refractivity contribution is -0.142. The summed E-state index contributed by atoms with van der Waals surface area (Å²) in [5.41, 5.74) is 1.83. The second-order valence-corrected chi connectivity index (χ2v) is 7.75. The molecule has 0 saturated carbocycles. The van der Waals surface area contributed by atoms with Crippen LogP contribution in [0.2, 0.25) is 0 Å². The van der Waals surface area contributed by atoms with Crippen LogP contribution in [0.3, 0.4) is 0 Å². The maximum Gasteiger partial charge on any atom is 0.313 e. The molecule has 1 aliphatic rings. The van der Waals surface area contributed by atoms with Gasteiger partial charge in [-0.2, -0.15) is 11.8 Å². The number of anilines is 1. The van der Waals surface area contributed by atoms with Crippen molar-refractivity contribution >= 4 is 35.2 Å². The number of nitrogens with one attached hydrogen (secondary N) is 2. The number of amides is 3. The van der Waals surface area contributed by atoms with Crippen molar-refractivity contribution in [3.63, 3.8) is 0 Å². The molecule has 1 saturated heterocycles. The van der Waals surface area contributed by atoms with Gasteiger partial charge in [0, 0.05) is 36.1 Å². The normalized spacial score (nSPS) is 15.7. The van der Waals surface area contributed by atoms with Crippen molar-refractivity contribution in [3.8, 4) is 0 Å². The molecule has 3 amide bonds. The van der Waals surface area contributed by atoms with Crippen molar-refractivity contribution in [2.45, 2.75) is 39.7 Å². The highest BCUT2D eigenvalue weighted by Gasteiger charge is 2.23. The zero-order valence-corrected chi connectivity index (χ0v) is 16.4. The fraction of sp³-hybridized carbons (Fsp3) is 0.526. The Balaban J connectivity index is 2.01. The average molecular weight is 378 g/mol. The molecule has 1 unspecified atom stereocenters. The van der Waals surface area contributed by atoms with Crippen molar-refractivity contribution in [2.24, 2.45) is 0 Å². The van der Waals surface area contributed by atoms with Crippen molar-refractivity contribution in [1.82, 2.24) is 10.2 Å². The standard InChI is InChI=1S/C19H27N3O3S/c1-4-14(3)20-17(23)15-6-7-16(13(2)12-15)21-18(24)19(25)22-8-5-10-26-11-9-22/h6-7,12,14H,4-5,8-11H2,1-3H3,(H,20,23)(H,21,24). The lowest BCUT2D eigenvalue weighted by Crippen LogP contribution is -2.41. The maximum atomic E-state index is 12.3. The summed E-state index contributed by atoms with van der Waals surface area (Å²) >= 11 is 1.80. The second kappa shape index (κ2) is 9.62. The van der Waals surface area contributed by atoms with Gasteiger partial charge in [-0.3, -0.25) is 14.4 Å². The summed E-state index contributed by atoms with van der Waals surface area (Å²) in [7, 11) is 0. The Morgan fingerprint density at radius 3 is 2.69 bits per heavy atom. The van der Waals surface area contributed by atoms with Gasteiger partial charge in [-0.05, 0) is 56.2 Å². The van der Waals surface area contributed by atoms with E-state index in [4.69, 9.17) is 0 Å². The molecule has 1 atom stereocenters. The molecule has 2 N–H and O–H groups in total. The average Bonchev–Trinajstić information content (AvgIpc) is 2.91. The van der Waals surface area contributed by atoms with Crippen LogP contribution in [-0.4, -0.2) is 53.3 Å². The number of benzene rings is 1. The lowest BCUT2D eigenvalue weighted by atomic mass is 10.1. The minimum absolute atomic E-state index is 0.103. The number of carbonyl (C=O) groups is 3. The zero-order chi connectivity index (χ0) is 19.1. The van der Waals surface area contributed by atoms with Crippen molar-refractivity contribution in [1.29, 1.82) is 0 Å². The Labute approximate surface area is 159 Å². The summed E-state index contributed by atoms with van der Waals surface area (Å²) in [5.74, 6) is 0.615. The summed E-state index contributed by atoms with van der Waals surface area (Å²) in [4.78, 5) is 38.4. The number of nitrogens with zero attached hydrogens (tertiary/aromatic N) is 1.